The lowest BCUT2D eigenvalue weighted by Gasteiger charge is -2.11. The van der Waals surface area contributed by atoms with E-state index in [1.807, 2.05) is 13.8 Å². The Bertz CT molecular complexity index is 771. The van der Waals surface area contributed by atoms with Crippen molar-refractivity contribution in [2.24, 2.45) is 0 Å². The summed E-state index contributed by atoms with van der Waals surface area (Å²) in [6.07, 6.45) is 1.46. The number of H-pyrrole nitrogens is 1. The Morgan fingerprint density at radius 3 is 2.78 bits per heavy atom. The maximum atomic E-state index is 12.2. The number of nitrogens with zero attached hydrogens (tertiary/aromatic N) is 1. The lowest BCUT2D eigenvalue weighted by atomic mass is 10.2. The quantitative estimate of drug-likeness (QED) is 0.879. The van der Waals surface area contributed by atoms with Crippen LogP contribution in [-0.2, 0) is 6.54 Å². The molecule has 0 fully saturated rings. The zero-order chi connectivity index (χ0) is 17.0. The van der Waals surface area contributed by atoms with Crippen LogP contribution in [0.3, 0.4) is 0 Å². The van der Waals surface area contributed by atoms with Crippen molar-refractivity contribution < 1.29 is 9.53 Å². The molecule has 1 aromatic carbocycles. The Labute approximate surface area is 138 Å². The second kappa shape index (κ2) is 7.28. The minimum absolute atomic E-state index is 0.0199. The molecule has 122 valence electrons. The van der Waals surface area contributed by atoms with Crippen LogP contribution in [0.1, 0.15) is 35.6 Å². The van der Waals surface area contributed by atoms with Crippen molar-refractivity contribution in [3.05, 3.63) is 56.7 Å². The summed E-state index contributed by atoms with van der Waals surface area (Å²) >= 11 is 6.12. The molecule has 1 amide bonds. The Balaban J connectivity index is 2.07. The van der Waals surface area contributed by atoms with Crippen molar-refractivity contribution in [1.29, 1.82) is 0 Å². The van der Waals surface area contributed by atoms with E-state index in [2.05, 4.69) is 15.3 Å². The highest BCUT2D eigenvalue weighted by Crippen LogP contribution is 2.23. The van der Waals surface area contributed by atoms with E-state index in [1.54, 1.807) is 25.1 Å². The van der Waals surface area contributed by atoms with E-state index in [1.165, 1.54) is 6.20 Å². The molecule has 0 radical (unpaired) electrons. The summed E-state index contributed by atoms with van der Waals surface area (Å²) in [6, 6.07) is 4.87. The molecule has 23 heavy (non-hydrogen) atoms. The monoisotopic (exact) mass is 335 g/mol. The topological polar surface area (TPSA) is 84.1 Å². The molecule has 0 unspecified atom stereocenters. The number of hydrogen-bond donors (Lipinski definition) is 2. The zero-order valence-corrected chi connectivity index (χ0v) is 13.9. The number of aryl methyl sites for hydroxylation is 1. The summed E-state index contributed by atoms with van der Waals surface area (Å²) < 4.78 is 5.52. The van der Waals surface area contributed by atoms with Crippen LogP contribution in [0.2, 0.25) is 5.02 Å². The second-order valence-corrected chi connectivity index (χ2v) is 5.72. The highest BCUT2D eigenvalue weighted by atomic mass is 35.5. The van der Waals surface area contributed by atoms with Crippen LogP contribution in [0, 0.1) is 6.92 Å². The summed E-state index contributed by atoms with van der Waals surface area (Å²) in [5.74, 6) is 0.751. The molecular weight excluding hydrogens is 318 g/mol. The van der Waals surface area contributed by atoms with E-state index in [-0.39, 0.29) is 29.1 Å². The summed E-state index contributed by atoms with van der Waals surface area (Å²) in [7, 11) is 0. The molecule has 2 aromatic rings. The first-order chi connectivity index (χ1) is 10.9. The first-order valence-electron chi connectivity index (χ1n) is 7.16. The number of amides is 1. The van der Waals surface area contributed by atoms with Gasteiger partial charge in [-0.25, -0.2) is 4.98 Å². The zero-order valence-electron chi connectivity index (χ0n) is 13.1. The van der Waals surface area contributed by atoms with Gasteiger partial charge in [0.1, 0.15) is 11.6 Å². The fraction of sp³-hybridized carbons (Fsp3) is 0.312. The Kier molecular flexibility index (Phi) is 5.39. The average Bonchev–Trinajstić information content (AvgIpc) is 2.45. The van der Waals surface area contributed by atoms with E-state index in [0.29, 0.717) is 22.7 Å². The van der Waals surface area contributed by atoms with Gasteiger partial charge in [0.25, 0.3) is 11.5 Å². The molecule has 0 atom stereocenters. The fourth-order valence-corrected chi connectivity index (χ4v) is 2.19. The fourth-order valence-electron chi connectivity index (χ4n) is 1.93. The maximum Gasteiger partial charge on any atom is 0.255 e. The molecule has 6 nitrogen and oxygen atoms in total. The minimum Gasteiger partial charge on any atom is -0.491 e. The molecule has 2 N–H and O–H groups in total. The SMILES string of the molecule is Cc1ncc(CNC(=O)c2ccc(OC(C)C)cc2Cl)c(=O)[nH]1. The van der Waals surface area contributed by atoms with Crippen LogP contribution < -0.4 is 15.6 Å². The predicted octanol–water partition coefficient (Wildman–Crippen LogP) is 2.45. The third-order valence-corrected chi connectivity index (χ3v) is 3.31. The Morgan fingerprint density at radius 2 is 2.17 bits per heavy atom. The van der Waals surface area contributed by atoms with Crippen LogP contribution in [0.5, 0.6) is 5.75 Å². The van der Waals surface area contributed by atoms with Gasteiger partial charge in [-0.1, -0.05) is 11.6 Å². The number of carbonyl (C=O) groups excluding carboxylic acids is 1. The van der Waals surface area contributed by atoms with E-state index < -0.39 is 0 Å². The molecule has 0 aliphatic carbocycles. The largest absolute Gasteiger partial charge is 0.491 e. The summed E-state index contributed by atoms with van der Waals surface area (Å²) in [5.41, 5.74) is 0.420. The van der Waals surface area contributed by atoms with Crippen molar-refractivity contribution >= 4 is 17.5 Å². The van der Waals surface area contributed by atoms with E-state index in [4.69, 9.17) is 16.3 Å². The Hall–Kier alpha value is -2.34. The van der Waals surface area contributed by atoms with E-state index in [9.17, 15) is 9.59 Å². The van der Waals surface area contributed by atoms with Gasteiger partial charge in [-0.2, -0.15) is 0 Å². The normalized spacial score (nSPS) is 10.7. The first kappa shape index (κ1) is 17.0. The average molecular weight is 336 g/mol. The molecule has 0 saturated carbocycles. The number of carbonyl (C=O) groups is 1. The van der Waals surface area contributed by atoms with Gasteiger partial charge in [0, 0.05) is 6.20 Å². The summed E-state index contributed by atoms with van der Waals surface area (Å²) in [5, 5.41) is 2.94. The maximum absolute atomic E-state index is 12.2. The number of hydrogen-bond acceptors (Lipinski definition) is 4. The number of benzene rings is 1. The van der Waals surface area contributed by atoms with Gasteiger partial charge >= 0.3 is 0 Å². The molecule has 1 aromatic heterocycles. The number of rotatable bonds is 5. The number of aromatic nitrogens is 2. The number of aromatic amines is 1. The smallest absolute Gasteiger partial charge is 0.255 e. The predicted molar refractivity (Wildman–Crippen MR) is 88.0 cm³/mol. The lowest BCUT2D eigenvalue weighted by molar-refractivity contribution is 0.0951. The molecule has 2 rings (SSSR count). The van der Waals surface area contributed by atoms with Crippen molar-refractivity contribution in [1.82, 2.24) is 15.3 Å². The van der Waals surface area contributed by atoms with Crippen molar-refractivity contribution in [2.75, 3.05) is 0 Å². The van der Waals surface area contributed by atoms with Gasteiger partial charge in [0.05, 0.1) is 28.8 Å². The Morgan fingerprint density at radius 1 is 1.43 bits per heavy atom. The van der Waals surface area contributed by atoms with Crippen LogP contribution in [0.15, 0.2) is 29.2 Å². The summed E-state index contributed by atoms with van der Waals surface area (Å²) in [6.45, 7) is 5.57. The van der Waals surface area contributed by atoms with Gasteiger partial charge in [0.15, 0.2) is 0 Å². The van der Waals surface area contributed by atoms with Crippen LogP contribution >= 0.6 is 11.6 Å². The van der Waals surface area contributed by atoms with Gasteiger partial charge in [0.2, 0.25) is 0 Å². The van der Waals surface area contributed by atoms with Crippen LogP contribution in [0.4, 0.5) is 0 Å². The van der Waals surface area contributed by atoms with Gasteiger partial charge in [-0.15, -0.1) is 0 Å². The van der Waals surface area contributed by atoms with Gasteiger partial charge < -0.3 is 15.0 Å². The third-order valence-electron chi connectivity index (χ3n) is 3.00. The molecule has 0 spiro atoms. The highest BCUT2D eigenvalue weighted by Gasteiger charge is 2.12. The molecule has 7 heteroatoms. The number of ether oxygens (including phenoxy) is 1. The van der Waals surface area contributed by atoms with Crippen molar-refractivity contribution in [2.45, 2.75) is 33.4 Å². The third kappa shape index (κ3) is 4.56. The first-order valence-corrected chi connectivity index (χ1v) is 7.54. The summed E-state index contributed by atoms with van der Waals surface area (Å²) in [4.78, 5) is 30.5. The van der Waals surface area contributed by atoms with Crippen LogP contribution in [0.25, 0.3) is 0 Å². The molecule has 0 aliphatic rings. The molecule has 0 saturated heterocycles. The van der Waals surface area contributed by atoms with Crippen molar-refractivity contribution in [3.8, 4) is 5.75 Å². The van der Waals surface area contributed by atoms with E-state index >= 15 is 0 Å². The number of halogens is 1. The van der Waals surface area contributed by atoms with Gasteiger partial charge in [-0.3, -0.25) is 9.59 Å². The molecular formula is C16H18ClN3O3. The lowest BCUT2D eigenvalue weighted by Crippen LogP contribution is -2.27. The molecule has 0 bridgehead atoms. The van der Waals surface area contributed by atoms with Crippen molar-refractivity contribution in [3.63, 3.8) is 0 Å². The minimum atomic E-state index is -0.369. The molecule has 1 heterocycles. The number of nitrogens with one attached hydrogen (secondary N) is 2. The highest BCUT2D eigenvalue weighted by molar-refractivity contribution is 6.34. The van der Waals surface area contributed by atoms with E-state index in [0.717, 1.165) is 0 Å². The second-order valence-electron chi connectivity index (χ2n) is 5.31. The van der Waals surface area contributed by atoms with Gasteiger partial charge in [-0.05, 0) is 39.0 Å². The molecule has 0 aliphatic heterocycles. The standard InChI is InChI=1S/C16H18ClN3O3/c1-9(2)23-12-4-5-13(14(17)6-12)16(22)19-8-11-7-18-10(3)20-15(11)21/h4-7,9H,8H2,1-3H3,(H,19,22)(H,18,20,21). The van der Waals surface area contributed by atoms with Crippen LogP contribution in [-0.4, -0.2) is 22.0 Å².